The van der Waals surface area contributed by atoms with Crippen LogP contribution in [0, 0.1) is 12.8 Å². The second-order valence-electron chi connectivity index (χ2n) is 8.25. The molecule has 1 aliphatic heterocycles. The molecule has 30 heavy (non-hydrogen) atoms. The third-order valence-electron chi connectivity index (χ3n) is 6.09. The zero-order valence-electron chi connectivity index (χ0n) is 17.3. The molecule has 8 heteroatoms. The second kappa shape index (κ2) is 8.55. The highest BCUT2D eigenvalue weighted by Gasteiger charge is 2.25. The maximum Gasteiger partial charge on any atom is 0.177 e. The van der Waals surface area contributed by atoms with Gasteiger partial charge < -0.3 is 14.4 Å². The van der Waals surface area contributed by atoms with E-state index in [9.17, 15) is 0 Å². The lowest BCUT2D eigenvalue weighted by Gasteiger charge is -2.30. The van der Waals surface area contributed by atoms with Crippen molar-refractivity contribution in [1.29, 1.82) is 0 Å². The van der Waals surface area contributed by atoms with Crippen molar-refractivity contribution in [3.63, 3.8) is 0 Å². The summed E-state index contributed by atoms with van der Waals surface area (Å²) >= 11 is 0. The smallest absolute Gasteiger partial charge is 0.177 e. The molecule has 2 aromatic heterocycles. The van der Waals surface area contributed by atoms with Crippen LogP contribution in [0.15, 0.2) is 29.0 Å². The van der Waals surface area contributed by atoms with Crippen LogP contribution in [0.2, 0.25) is 0 Å². The first-order valence-corrected chi connectivity index (χ1v) is 10.8. The molecule has 5 rings (SSSR count). The standard InChI is InChI=1S/C22H27N5O3/c1-15-6-7-23-21(24-15)12-16-2-4-18(5-3-16)29-20-14-17(27-8-10-28-11-9-27)13-19-22(20)26-30-25-19/h6-7,13-14,16,18H,2-5,8-12H2,1H3. The van der Waals surface area contributed by atoms with E-state index in [1.54, 1.807) is 0 Å². The molecular weight excluding hydrogens is 382 g/mol. The third kappa shape index (κ3) is 4.23. The number of fused-ring (bicyclic) bond motifs is 1. The van der Waals surface area contributed by atoms with Crippen LogP contribution in [0.1, 0.15) is 37.2 Å². The zero-order chi connectivity index (χ0) is 20.3. The second-order valence-corrected chi connectivity index (χ2v) is 8.25. The summed E-state index contributed by atoms with van der Waals surface area (Å²) in [5.74, 6) is 2.33. The molecule has 0 atom stereocenters. The van der Waals surface area contributed by atoms with Crippen molar-refractivity contribution in [3.05, 3.63) is 35.9 Å². The summed E-state index contributed by atoms with van der Waals surface area (Å²) in [6.07, 6.45) is 7.25. The lowest BCUT2D eigenvalue weighted by Crippen LogP contribution is -2.36. The highest BCUT2D eigenvalue weighted by molar-refractivity contribution is 5.84. The van der Waals surface area contributed by atoms with Crippen molar-refractivity contribution in [1.82, 2.24) is 20.3 Å². The van der Waals surface area contributed by atoms with Crippen LogP contribution in [-0.2, 0) is 11.2 Å². The predicted molar refractivity (Wildman–Crippen MR) is 112 cm³/mol. The van der Waals surface area contributed by atoms with E-state index in [0.717, 1.165) is 86.9 Å². The van der Waals surface area contributed by atoms with Crippen molar-refractivity contribution in [2.75, 3.05) is 31.2 Å². The molecule has 1 saturated carbocycles. The van der Waals surface area contributed by atoms with Gasteiger partial charge in [-0.3, -0.25) is 0 Å². The summed E-state index contributed by atoms with van der Waals surface area (Å²) in [4.78, 5) is 11.3. The minimum atomic E-state index is 0.180. The van der Waals surface area contributed by atoms with Gasteiger partial charge in [-0.15, -0.1) is 0 Å². The van der Waals surface area contributed by atoms with Gasteiger partial charge >= 0.3 is 0 Å². The van der Waals surface area contributed by atoms with Crippen LogP contribution in [-0.4, -0.2) is 52.7 Å². The Labute approximate surface area is 175 Å². The van der Waals surface area contributed by atoms with Crippen LogP contribution < -0.4 is 9.64 Å². The Hall–Kier alpha value is -2.74. The van der Waals surface area contributed by atoms with E-state index in [-0.39, 0.29) is 6.10 Å². The molecule has 0 unspecified atom stereocenters. The lowest BCUT2D eigenvalue weighted by atomic mass is 9.85. The summed E-state index contributed by atoms with van der Waals surface area (Å²) in [6.45, 7) is 5.21. The van der Waals surface area contributed by atoms with Gasteiger partial charge in [0.1, 0.15) is 11.3 Å². The molecule has 1 aliphatic carbocycles. The SMILES string of the molecule is Cc1ccnc(CC2CCC(Oc3cc(N4CCOCC4)cc4nonc34)CC2)n1. The molecule has 158 valence electrons. The molecule has 1 saturated heterocycles. The molecule has 3 heterocycles. The molecule has 1 aromatic carbocycles. The number of morpholine rings is 1. The quantitative estimate of drug-likeness (QED) is 0.634. The van der Waals surface area contributed by atoms with E-state index in [2.05, 4.69) is 31.2 Å². The molecule has 0 radical (unpaired) electrons. The third-order valence-corrected chi connectivity index (χ3v) is 6.09. The van der Waals surface area contributed by atoms with E-state index in [1.807, 2.05) is 25.3 Å². The average molecular weight is 409 g/mol. The van der Waals surface area contributed by atoms with E-state index < -0.39 is 0 Å². The fourth-order valence-corrected chi connectivity index (χ4v) is 4.43. The molecule has 0 N–H and O–H groups in total. The van der Waals surface area contributed by atoms with Crippen LogP contribution >= 0.6 is 0 Å². The van der Waals surface area contributed by atoms with Crippen molar-refractivity contribution in [3.8, 4) is 5.75 Å². The van der Waals surface area contributed by atoms with E-state index >= 15 is 0 Å². The first-order chi connectivity index (χ1) is 14.7. The van der Waals surface area contributed by atoms with Crippen LogP contribution in [0.5, 0.6) is 5.75 Å². The van der Waals surface area contributed by atoms with Gasteiger partial charge in [0.2, 0.25) is 0 Å². The number of rotatable bonds is 5. The maximum absolute atomic E-state index is 6.42. The predicted octanol–water partition coefficient (Wildman–Crippen LogP) is 3.34. The van der Waals surface area contributed by atoms with Gasteiger partial charge in [-0.05, 0) is 61.0 Å². The Morgan fingerprint density at radius 3 is 2.73 bits per heavy atom. The van der Waals surface area contributed by atoms with Crippen molar-refractivity contribution >= 4 is 16.7 Å². The minimum Gasteiger partial charge on any atom is -0.488 e. The van der Waals surface area contributed by atoms with Crippen LogP contribution in [0.25, 0.3) is 11.0 Å². The van der Waals surface area contributed by atoms with Gasteiger partial charge in [-0.25, -0.2) is 14.6 Å². The van der Waals surface area contributed by atoms with Gasteiger partial charge in [-0.2, -0.15) is 0 Å². The number of benzene rings is 1. The fraction of sp³-hybridized carbons (Fsp3) is 0.545. The Morgan fingerprint density at radius 2 is 1.93 bits per heavy atom. The molecule has 0 spiro atoms. The van der Waals surface area contributed by atoms with Crippen molar-refractivity contribution < 1.29 is 14.1 Å². The molecule has 2 aliphatic rings. The van der Waals surface area contributed by atoms with Crippen molar-refractivity contribution in [2.24, 2.45) is 5.92 Å². The molecule has 2 fully saturated rings. The topological polar surface area (TPSA) is 86.4 Å². The highest BCUT2D eigenvalue weighted by atomic mass is 16.6. The van der Waals surface area contributed by atoms with E-state index in [1.165, 1.54) is 0 Å². The number of hydrogen-bond donors (Lipinski definition) is 0. The number of anilines is 1. The first kappa shape index (κ1) is 19.2. The summed E-state index contributed by atoms with van der Waals surface area (Å²) in [7, 11) is 0. The zero-order valence-corrected chi connectivity index (χ0v) is 17.3. The molecule has 0 bridgehead atoms. The fourth-order valence-electron chi connectivity index (χ4n) is 4.43. The molecule has 8 nitrogen and oxygen atoms in total. The Bertz CT molecular complexity index is 993. The van der Waals surface area contributed by atoms with Gasteiger partial charge in [0.15, 0.2) is 11.3 Å². The molecular formula is C22H27N5O3. The maximum atomic E-state index is 6.42. The minimum absolute atomic E-state index is 0.180. The molecule has 0 amide bonds. The Kier molecular flexibility index (Phi) is 5.48. The Morgan fingerprint density at radius 1 is 1.10 bits per heavy atom. The van der Waals surface area contributed by atoms with Gasteiger partial charge in [0.05, 0.1) is 19.3 Å². The average Bonchev–Trinajstić information content (AvgIpc) is 3.25. The van der Waals surface area contributed by atoms with E-state index in [4.69, 9.17) is 14.1 Å². The monoisotopic (exact) mass is 409 g/mol. The van der Waals surface area contributed by atoms with Crippen LogP contribution in [0.4, 0.5) is 5.69 Å². The summed E-state index contributed by atoms with van der Waals surface area (Å²) < 4.78 is 16.9. The summed E-state index contributed by atoms with van der Waals surface area (Å²) in [5, 5.41) is 8.13. The number of ether oxygens (including phenoxy) is 2. The van der Waals surface area contributed by atoms with Gasteiger partial charge in [0, 0.05) is 43.2 Å². The Balaban J connectivity index is 1.25. The van der Waals surface area contributed by atoms with Gasteiger partial charge in [0.25, 0.3) is 0 Å². The summed E-state index contributed by atoms with van der Waals surface area (Å²) in [5.41, 5.74) is 3.55. The van der Waals surface area contributed by atoms with Crippen LogP contribution in [0.3, 0.4) is 0 Å². The number of aromatic nitrogens is 4. The number of nitrogens with zero attached hydrogens (tertiary/aromatic N) is 5. The summed E-state index contributed by atoms with van der Waals surface area (Å²) in [6, 6.07) is 6.03. The van der Waals surface area contributed by atoms with Gasteiger partial charge in [-0.1, -0.05) is 0 Å². The van der Waals surface area contributed by atoms with Crippen molar-refractivity contribution in [2.45, 2.75) is 45.1 Å². The van der Waals surface area contributed by atoms with E-state index in [0.29, 0.717) is 11.4 Å². The number of hydrogen-bond acceptors (Lipinski definition) is 8. The first-order valence-electron chi connectivity index (χ1n) is 10.8. The highest BCUT2D eigenvalue weighted by Crippen LogP contribution is 2.34. The largest absolute Gasteiger partial charge is 0.488 e. The lowest BCUT2D eigenvalue weighted by molar-refractivity contribution is 0.122. The molecule has 3 aromatic rings. The number of aryl methyl sites for hydroxylation is 1. The normalized spacial score (nSPS) is 22.4.